The van der Waals surface area contributed by atoms with Crippen molar-refractivity contribution in [3.8, 4) is 5.75 Å². The van der Waals surface area contributed by atoms with Gasteiger partial charge in [0.25, 0.3) is 0 Å². The maximum Gasteiger partial charge on any atom is 0.352 e. The molecule has 2 aromatic rings. The summed E-state index contributed by atoms with van der Waals surface area (Å²) in [5.74, 6) is 12.3. The molecule has 8 heteroatoms. The lowest BCUT2D eigenvalue weighted by molar-refractivity contribution is 0.211. The van der Waals surface area contributed by atoms with E-state index < -0.39 is 6.03 Å². The first-order valence-electron chi connectivity index (χ1n) is 10.4. The number of ether oxygens (including phenoxy) is 1. The summed E-state index contributed by atoms with van der Waals surface area (Å²) in [4.78, 5) is 17.3. The molecule has 4 N–H and O–H groups in total. The van der Waals surface area contributed by atoms with Gasteiger partial charge in [0, 0.05) is 12.6 Å². The average molecular weight is 442 g/mol. The summed E-state index contributed by atoms with van der Waals surface area (Å²) in [7, 11) is 3.00. The Bertz CT molecular complexity index is 980. The third-order valence-electron chi connectivity index (χ3n) is 4.93. The van der Waals surface area contributed by atoms with Crippen LogP contribution in [-0.2, 0) is 11.4 Å². The third-order valence-corrected chi connectivity index (χ3v) is 4.93. The van der Waals surface area contributed by atoms with E-state index >= 15 is 0 Å². The van der Waals surface area contributed by atoms with E-state index in [0.717, 1.165) is 50.2 Å². The topological polar surface area (TPSA) is 106 Å². The second-order valence-electron chi connectivity index (χ2n) is 9.06. The molecule has 174 valence electrons. The standard InChI is InChI=1S/C24H35N5O3/c1-16-9-8-10-21(29(26)23(30)28(6)25)19(16)15-32-22-12-11-18(13-17(22)2)20(27-31-7)14-24(3,4)5/h8-13H,14-15,25-26H2,1-7H3/b27-20+. The van der Waals surface area contributed by atoms with Crippen LogP contribution in [0.25, 0.3) is 0 Å². The summed E-state index contributed by atoms with van der Waals surface area (Å²) < 4.78 is 6.12. The number of carbonyl (C=O) groups excluding carboxylic acids is 1. The Hall–Kier alpha value is -3.10. The molecule has 8 nitrogen and oxygen atoms in total. The SMILES string of the molecule is CO/N=C(\CC(C)(C)C)c1ccc(OCc2c(C)cccc2N(N)C(=O)N(C)N)c(C)c1. The first-order chi connectivity index (χ1) is 14.9. The van der Waals surface area contributed by atoms with Crippen LogP contribution in [-0.4, -0.2) is 30.9 Å². The molecular weight excluding hydrogens is 406 g/mol. The summed E-state index contributed by atoms with van der Waals surface area (Å²) in [5, 5.41) is 6.19. The van der Waals surface area contributed by atoms with Gasteiger partial charge in [-0.2, -0.15) is 0 Å². The van der Waals surface area contributed by atoms with Gasteiger partial charge in [0.05, 0.1) is 11.4 Å². The maximum atomic E-state index is 12.2. The molecule has 0 atom stereocenters. The monoisotopic (exact) mass is 441 g/mol. The number of benzene rings is 2. The van der Waals surface area contributed by atoms with Gasteiger partial charge in [0.2, 0.25) is 0 Å². The van der Waals surface area contributed by atoms with Gasteiger partial charge in [0.1, 0.15) is 19.5 Å². The van der Waals surface area contributed by atoms with Crippen LogP contribution < -0.4 is 21.4 Å². The molecule has 0 spiro atoms. The molecule has 0 fully saturated rings. The highest BCUT2D eigenvalue weighted by Gasteiger charge is 2.20. The molecule has 0 unspecified atom stereocenters. The number of amides is 2. The van der Waals surface area contributed by atoms with Crippen LogP contribution in [0.5, 0.6) is 5.75 Å². The van der Waals surface area contributed by atoms with Crippen LogP contribution in [0.15, 0.2) is 41.6 Å². The van der Waals surface area contributed by atoms with E-state index in [-0.39, 0.29) is 12.0 Å². The zero-order valence-electron chi connectivity index (χ0n) is 20.1. The first kappa shape index (κ1) is 25.2. The molecule has 32 heavy (non-hydrogen) atoms. The van der Waals surface area contributed by atoms with Crippen molar-refractivity contribution < 1.29 is 14.4 Å². The summed E-state index contributed by atoms with van der Waals surface area (Å²) in [5.41, 5.74) is 5.23. The zero-order chi connectivity index (χ0) is 24.1. The summed E-state index contributed by atoms with van der Waals surface area (Å²) in [6.45, 7) is 10.7. The number of nitrogens with two attached hydrogens (primary N) is 2. The second kappa shape index (κ2) is 10.5. The number of hydrogen-bond acceptors (Lipinski definition) is 6. The number of urea groups is 1. The van der Waals surface area contributed by atoms with Gasteiger partial charge in [-0.15, -0.1) is 0 Å². The average Bonchev–Trinajstić information content (AvgIpc) is 2.71. The van der Waals surface area contributed by atoms with E-state index in [1.165, 1.54) is 7.05 Å². The minimum Gasteiger partial charge on any atom is -0.489 e. The molecule has 0 saturated carbocycles. The van der Waals surface area contributed by atoms with Gasteiger partial charge in [-0.3, -0.25) is 5.01 Å². The van der Waals surface area contributed by atoms with Crippen LogP contribution in [0.3, 0.4) is 0 Å². The molecule has 0 aliphatic carbocycles. The number of hydrogen-bond donors (Lipinski definition) is 2. The van der Waals surface area contributed by atoms with E-state index in [9.17, 15) is 4.79 Å². The highest BCUT2D eigenvalue weighted by molar-refractivity contribution is 6.00. The molecule has 0 radical (unpaired) electrons. The Morgan fingerprint density at radius 2 is 1.78 bits per heavy atom. The molecule has 2 rings (SSSR count). The zero-order valence-corrected chi connectivity index (χ0v) is 20.1. The van der Waals surface area contributed by atoms with Crippen molar-refractivity contribution >= 4 is 17.4 Å². The molecule has 0 aliphatic rings. The van der Waals surface area contributed by atoms with Gasteiger partial charge in [-0.05, 0) is 66.6 Å². The Balaban J connectivity index is 2.27. The smallest absolute Gasteiger partial charge is 0.352 e. The maximum absolute atomic E-state index is 12.2. The van der Waals surface area contributed by atoms with Crippen molar-refractivity contribution in [1.29, 1.82) is 0 Å². The summed E-state index contributed by atoms with van der Waals surface area (Å²) in [6, 6.07) is 11.0. The molecule has 0 bridgehead atoms. The fourth-order valence-electron chi connectivity index (χ4n) is 3.31. The summed E-state index contributed by atoms with van der Waals surface area (Å²) in [6.07, 6.45) is 0.781. The van der Waals surface area contributed by atoms with Crippen molar-refractivity contribution in [1.82, 2.24) is 5.01 Å². The lowest BCUT2D eigenvalue weighted by atomic mass is 9.87. The van der Waals surface area contributed by atoms with Gasteiger partial charge in [0.15, 0.2) is 0 Å². The number of oxime groups is 1. The normalized spacial score (nSPS) is 11.8. The Morgan fingerprint density at radius 1 is 1.09 bits per heavy atom. The first-order valence-corrected chi connectivity index (χ1v) is 10.4. The van der Waals surface area contributed by atoms with Gasteiger partial charge < -0.3 is 9.57 Å². The van der Waals surface area contributed by atoms with E-state index in [2.05, 4.69) is 25.9 Å². The largest absolute Gasteiger partial charge is 0.489 e. The summed E-state index contributed by atoms with van der Waals surface area (Å²) >= 11 is 0. The van der Waals surface area contributed by atoms with Crippen molar-refractivity contribution in [2.75, 3.05) is 19.2 Å². The van der Waals surface area contributed by atoms with Crippen molar-refractivity contribution in [2.24, 2.45) is 22.3 Å². The third kappa shape index (κ3) is 6.45. The predicted octanol–water partition coefficient (Wildman–Crippen LogP) is 4.27. The van der Waals surface area contributed by atoms with Crippen LogP contribution in [0.4, 0.5) is 10.5 Å². The molecule has 0 aromatic heterocycles. The highest BCUT2D eigenvalue weighted by Crippen LogP contribution is 2.28. The van der Waals surface area contributed by atoms with Crippen LogP contribution in [0.1, 0.15) is 49.4 Å². The number of hydrazine groups is 2. The number of rotatable bonds is 7. The predicted molar refractivity (Wildman–Crippen MR) is 128 cm³/mol. The van der Waals surface area contributed by atoms with Gasteiger partial charge in [-0.25, -0.2) is 21.5 Å². The molecule has 0 aliphatic heterocycles. The Labute approximate surface area is 190 Å². The van der Waals surface area contributed by atoms with Crippen molar-refractivity contribution in [3.63, 3.8) is 0 Å². The fourth-order valence-corrected chi connectivity index (χ4v) is 3.31. The van der Waals surface area contributed by atoms with E-state index in [4.69, 9.17) is 21.3 Å². The Morgan fingerprint density at radius 3 is 2.34 bits per heavy atom. The van der Waals surface area contributed by atoms with Crippen LogP contribution in [0.2, 0.25) is 0 Å². The fraction of sp³-hybridized carbons (Fsp3) is 0.417. The molecular formula is C24H35N5O3. The minimum absolute atomic E-state index is 0.0742. The number of carbonyl (C=O) groups is 1. The molecule has 2 amide bonds. The second-order valence-corrected chi connectivity index (χ2v) is 9.06. The van der Waals surface area contributed by atoms with Gasteiger partial charge in [-0.1, -0.05) is 38.1 Å². The highest BCUT2D eigenvalue weighted by atomic mass is 16.6. The van der Waals surface area contributed by atoms with Gasteiger partial charge >= 0.3 is 6.03 Å². The van der Waals surface area contributed by atoms with E-state index in [1.807, 2.05) is 44.2 Å². The Kier molecular flexibility index (Phi) is 8.24. The molecule has 2 aromatic carbocycles. The molecule has 0 saturated heterocycles. The number of anilines is 1. The van der Waals surface area contributed by atoms with E-state index in [1.54, 1.807) is 13.2 Å². The van der Waals surface area contributed by atoms with Crippen LogP contribution in [0, 0.1) is 19.3 Å². The quantitative estimate of drug-likeness (QED) is 0.289. The number of nitrogens with zero attached hydrogens (tertiary/aromatic N) is 3. The minimum atomic E-state index is -0.527. The van der Waals surface area contributed by atoms with E-state index in [0.29, 0.717) is 5.69 Å². The van der Waals surface area contributed by atoms with Crippen molar-refractivity contribution in [3.05, 3.63) is 58.7 Å². The lowest BCUT2D eigenvalue weighted by Gasteiger charge is -2.24. The van der Waals surface area contributed by atoms with Crippen molar-refractivity contribution in [2.45, 2.75) is 47.6 Å². The lowest BCUT2D eigenvalue weighted by Crippen LogP contribution is -2.49. The van der Waals surface area contributed by atoms with Crippen LogP contribution >= 0.6 is 0 Å². The molecule has 0 heterocycles. The number of aryl methyl sites for hydroxylation is 2.